The van der Waals surface area contributed by atoms with Gasteiger partial charge in [-0.2, -0.15) is 0 Å². The first-order valence-electron chi connectivity index (χ1n) is 15.6. The van der Waals surface area contributed by atoms with E-state index in [0.717, 1.165) is 32.1 Å². The van der Waals surface area contributed by atoms with E-state index in [1.54, 1.807) is 5.57 Å². The summed E-state index contributed by atoms with van der Waals surface area (Å²) < 4.78 is 11.4. The van der Waals surface area contributed by atoms with Crippen LogP contribution in [0.25, 0.3) is 0 Å². The molecular formula is C34H49BrO4. The Kier molecular flexibility index (Phi) is 8.86. The normalized spacial score (nSPS) is 38.9. The topological polar surface area (TPSA) is 52.6 Å². The number of carbonyl (C=O) groups is 2. The molecule has 1 aliphatic heterocycles. The minimum Gasteiger partial charge on any atom is -0.465 e. The van der Waals surface area contributed by atoms with E-state index in [4.69, 9.17) is 9.47 Å². The molecule has 0 aromatic carbocycles. The Bertz CT molecular complexity index is 1040. The molecule has 0 spiro atoms. The molecule has 0 N–H and O–H groups in total. The summed E-state index contributed by atoms with van der Waals surface area (Å²) in [5.74, 6) is 3.27. The van der Waals surface area contributed by atoms with Crippen LogP contribution in [0.15, 0.2) is 34.9 Å². The average Bonchev–Trinajstić information content (AvgIpc) is 3.46. The van der Waals surface area contributed by atoms with Gasteiger partial charge in [0, 0.05) is 18.3 Å². The minimum absolute atomic E-state index is 0.0196. The third kappa shape index (κ3) is 5.72. The van der Waals surface area contributed by atoms with Crippen molar-refractivity contribution in [2.45, 2.75) is 98.5 Å². The van der Waals surface area contributed by atoms with Crippen molar-refractivity contribution in [2.24, 2.45) is 52.8 Å². The van der Waals surface area contributed by atoms with Gasteiger partial charge < -0.3 is 9.47 Å². The highest BCUT2D eigenvalue weighted by Crippen LogP contribution is 2.60. The van der Waals surface area contributed by atoms with Crippen molar-refractivity contribution in [3.63, 3.8) is 0 Å². The zero-order valence-electron chi connectivity index (χ0n) is 24.7. The molecule has 5 rings (SSSR count). The predicted molar refractivity (Wildman–Crippen MR) is 159 cm³/mol. The lowest BCUT2D eigenvalue weighted by molar-refractivity contribution is -0.147. The van der Waals surface area contributed by atoms with Crippen molar-refractivity contribution < 1.29 is 19.1 Å². The van der Waals surface area contributed by atoms with Crippen molar-refractivity contribution in [3.8, 4) is 0 Å². The number of carbonyl (C=O) groups excluding carboxylic acids is 2. The number of fused-ring (bicyclic) bond motifs is 2. The van der Waals surface area contributed by atoms with Crippen LogP contribution in [0.4, 0.5) is 0 Å². The fourth-order valence-electron chi connectivity index (χ4n) is 8.94. The lowest BCUT2D eigenvalue weighted by Crippen LogP contribution is -2.38. The van der Waals surface area contributed by atoms with Crippen LogP contribution < -0.4 is 0 Å². The van der Waals surface area contributed by atoms with Crippen LogP contribution in [-0.4, -0.2) is 30.0 Å². The maximum absolute atomic E-state index is 13.1. The van der Waals surface area contributed by atoms with E-state index in [-0.39, 0.29) is 35.2 Å². The summed E-state index contributed by atoms with van der Waals surface area (Å²) in [5, 5.41) is 0.228. The van der Waals surface area contributed by atoms with Crippen LogP contribution in [0.5, 0.6) is 0 Å². The van der Waals surface area contributed by atoms with Gasteiger partial charge in [0.2, 0.25) is 0 Å². The van der Waals surface area contributed by atoms with Gasteiger partial charge in [-0.3, -0.25) is 9.59 Å². The minimum atomic E-state index is -0.195. The maximum Gasteiger partial charge on any atom is 0.316 e. The first-order valence-corrected chi connectivity index (χ1v) is 16.8. The van der Waals surface area contributed by atoms with E-state index >= 15 is 0 Å². The monoisotopic (exact) mass is 600 g/mol. The van der Waals surface area contributed by atoms with Crippen molar-refractivity contribution in [3.05, 3.63) is 34.9 Å². The van der Waals surface area contributed by atoms with Gasteiger partial charge >= 0.3 is 11.9 Å². The Morgan fingerprint density at radius 1 is 1.13 bits per heavy atom. The fourth-order valence-corrected chi connectivity index (χ4v) is 9.07. The number of rotatable bonds is 7. The Morgan fingerprint density at radius 3 is 2.67 bits per heavy atom. The van der Waals surface area contributed by atoms with Crippen LogP contribution >= 0.6 is 15.9 Å². The molecule has 4 nitrogen and oxygen atoms in total. The van der Waals surface area contributed by atoms with Crippen LogP contribution in [0.3, 0.4) is 0 Å². The molecule has 5 aliphatic rings. The predicted octanol–water partition coefficient (Wildman–Crippen LogP) is 8.21. The number of hydrogen-bond acceptors (Lipinski definition) is 4. The summed E-state index contributed by atoms with van der Waals surface area (Å²) in [4.78, 5) is 25.1. The highest BCUT2D eigenvalue weighted by atomic mass is 79.9. The van der Waals surface area contributed by atoms with E-state index in [9.17, 15) is 9.59 Å². The smallest absolute Gasteiger partial charge is 0.316 e. The summed E-state index contributed by atoms with van der Waals surface area (Å²) in [6, 6.07) is 0. The highest BCUT2D eigenvalue weighted by Gasteiger charge is 2.52. The summed E-state index contributed by atoms with van der Waals surface area (Å²) in [7, 11) is 0. The molecule has 5 heteroatoms. The molecule has 0 bridgehead atoms. The zero-order valence-corrected chi connectivity index (χ0v) is 26.3. The van der Waals surface area contributed by atoms with E-state index < -0.39 is 0 Å². The molecular weight excluding hydrogens is 552 g/mol. The molecule has 9 atom stereocenters. The van der Waals surface area contributed by atoms with Crippen molar-refractivity contribution in [1.29, 1.82) is 0 Å². The molecule has 0 amide bonds. The third-order valence-electron chi connectivity index (χ3n) is 11.4. The number of esters is 2. The van der Waals surface area contributed by atoms with Gasteiger partial charge in [-0.25, -0.2) is 0 Å². The molecule has 0 aromatic rings. The molecule has 1 saturated heterocycles. The standard InChI is InChI=1S/C34H49BrO4/c1-20(2)21(3)8-9-22(4)29-12-13-30-24(7-6-14-34(29,30)5)16-28-27-17-26(39-31(36)18-35)11-10-23(27)15-25-19-38-33(37)32(25)28/h8-9,16,20-22,25-26,28-30,32H,6-7,10-15,17-19H2,1-5H3/t21-,22+,25?,26-,28-,29?,30?,32?,34?/m0/s1. The van der Waals surface area contributed by atoms with E-state index in [0.29, 0.717) is 47.5 Å². The van der Waals surface area contributed by atoms with Crippen LogP contribution in [0.1, 0.15) is 92.4 Å². The summed E-state index contributed by atoms with van der Waals surface area (Å²) in [6.45, 7) is 12.5. The Labute approximate surface area is 244 Å². The zero-order chi connectivity index (χ0) is 27.9. The Hall–Kier alpha value is -1.36. The number of cyclic esters (lactones) is 1. The first kappa shape index (κ1) is 29.1. The molecule has 4 aliphatic carbocycles. The van der Waals surface area contributed by atoms with E-state index in [1.807, 2.05) is 0 Å². The molecule has 3 fully saturated rings. The van der Waals surface area contributed by atoms with Crippen LogP contribution in [-0.2, 0) is 19.1 Å². The van der Waals surface area contributed by atoms with E-state index in [1.165, 1.54) is 36.8 Å². The summed E-state index contributed by atoms with van der Waals surface area (Å²) >= 11 is 3.24. The Balaban J connectivity index is 1.42. The number of allylic oxidation sites excluding steroid dienone is 5. The third-order valence-corrected chi connectivity index (χ3v) is 11.9. The molecule has 5 unspecified atom stereocenters. The van der Waals surface area contributed by atoms with E-state index in [2.05, 4.69) is 68.8 Å². The summed E-state index contributed by atoms with van der Waals surface area (Å²) in [5.41, 5.74) is 4.79. The summed E-state index contributed by atoms with van der Waals surface area (Å²) in [6.07, 6.45) is 17.2. The van der Waals surface area contributed by atoms with Crippen molar-refractivity contribution >= 4 is 27.9 Å². The number of halogens is 1. The van der Waals surface area contributed by atoms with Crippen molar-refractivity contribution in [1.82, 2.24) is 0 Å². The Morgan fingerprint density at radius 2 is 1.92 bits per heavy atom. The van der Waals surface area contributed by atoms with Gasteiger partial charge in [0.15, 0.2) is 0 Å². The SMILES string of the molecule is CC(C)[C@@H](C)C=C[C@@H](C)C1CCC2C(=C[C@H]3C4=C(CC[C@H](OC(=O)CBr)C4)CC4COC(=O)C43)CCCC21C. The van der Waals surface area contributed by atoms with Gasteiger partial charge in [0.25, 0.3) is 0 Å². The largest absolute Gasteiger partial charge is 0.465 e. The number of alkyl halides is 1. The molecule has 2 saturated carbocycles. The molecule has 216 valence electrons. The molecule has 39 heavy (non-hydrogen) atoms. The second kappa shape index (κ2) is 11.9. The lowest BCUT2D eigenvalue weighted by atomic mass is 9.59. The van der Waals surface area contributed by atoms with Crippen LogP contribution in [0.2, 0.25) is 0 Å². The number of hydrogen-bond donors (Lipinski definition) is 0. The van der Waals surface area contributed by atoms with Gasteiger partial charge in [-0.05, 0) is 86.4 Å². The van der Waals surface area contributed by atoms with Gasteiger partial charge in [-0.1, -0.05) is 85.5 Å². The first-order chi connectivity index (χ1) is 18.6. The second-order valence-electron chi connectivity index (χ2n) is 13.9. The van der Waals surface area contributed by atoms with Gasteiger partial charge in [0.05, 0.1) is 12.5 Å². The fraction of sp³-hybridized carbons (Fsp3) is 0.765. The average molecular weight is 602 g/mol. The maximum atomic E-state index is 13.1. The van der Waals surface area contributed by atoms with Gasteiger partial charge in [0.1, 0.15) is 11.4 Å². The quantitative estimate of drug-likeness (QED) is 0.168. The van der Waals surface area contributed by atoms with Gasteiger partial charge in [-0.15, -0.1) is 0 Å². The highest BCUT2D eigenvalue weighted by molar-refractivity contribution is 9.09. The molecule has 0 aromatic heterocycles. The molecule has 0 radical (unpaired) electrons. The van der Waals surface area contributed by atoms with Crippen LogP contribution in [0, 0.1) is 52.8 Å². The lowest BCUT2D eigenvalue weighted by Gasteiger charge is -2.45. The molecule has 1 heterocycles. The van der Waals surface area contributed by atoms with Crippen molar-refractivity contribution in [2.75, 3.05) is 11.9 Å². The number of ether oxygens (including phenoxy) is 2. The second-order valence-corrected chi connectivity index (χ2v) is 14.5.